The van der Waals surface area contributed by atoms with Gasteiger partial charge in [-0.3, -0.25) is 4.57 Å². The average Bonchev–Trinajstić information content (AvgIpc) is 3.98. The van der Waals surface area contributed by atoms with Crippen molar-refractivity contribution >= 4 is 76.3 Å². The van der Waals surface area contributed by atoms with Gasteiger partial charge in [-0.15, -0.1) is 0 Å². The second kappa shape index (κ2) is 13.0. The summed E-state index contributed by atoms with van der Waals surface area (Å²) in [5.74, 6) is 1.70. The van der Waals surface area contributed by atoms with Crippen LogP contribution in [0.5, 0.6) is 0 Å². The lowest BCUT2D eigenvalue weighted by Gasteiger charge is -2.42. The average molecular weight is 814 g/mol. The number of hydrogen-bond donors (Lipinski definition) is 0. The molecule has 6 heteroatoms. The second-order valence-corrected chi connectivity index (χ2v) is 18.7. The van der Waals surface area contributed by atoms with Gasteiger partial charge < -0.3 is 8.98 Å². The first-order valence-corrected chi connectivity index (χ1v) is 22.0. The number of fused-ring (bicyclic) bond motifs is 13. The van der Waals surface area contributed by atoms with Gasteiger partial charge in [-0.25, -0.2) is 4.98 Å². The van der Waals surface area contributed by atoms with E-state index in [1.807, 2.05) is 30.3 Å². The molecule has 8 aromatic carbocycles. The van der Waals surface area contributed by atoms with Crippen LogP contribution in [0.4, 0.5) is 0 Å². The smallest absolute Gasteiger partial charge is 0.238 e. The predicted molar refractivity (Wildman–Crippen MR) is 259 cm³/mol. The van der Waals surface area contributed by atoms with Crippen LogP contribution in [-0.2, 0) is 10.8 Å². The fourth-order valence-electron chi connectivity index (χ4n) is 10.7. The van der Waals surface area contributed by atoms with E-state index < -0.39 is 0 Å². The highest BCUT2D eigenvalue weighted by Gasteiger charge is 2.38. The Labute approximate surface area is 364 Å². The number of benzene rings is 8. The third kappa shape index (κ3) is 5.21. The Hall–Kier alpha value is -7.57. The number of hydrogen-bond acceptors (Lipinski definition) is 4. The molecule has 0 saturated carbocycles. The molecule has 4 aromatic heterocycles. The first-order chi connectivity index (χ1) is 30.7. The Balaban J connectivity index is 1.20. The van der Waals surface area contributed by atoms with Crippen LogP contribution in [0.15, 0.2) is 168 Å². The van der Waals surface area contributed by atoms with Crippen LogP contribution in [0.2, 0.25) is 0 Å². The molecule has 0 N–H and O–H groups in total. The second-order valence-electron chi connectivity index (χ2n) is 18.7. The van der Waals surface area contributed by atoms with E-state index in [0.717, 1.165) is 62.6 Å². The summed E-state index contributed by atoms with van der Waals surface area (Å²) < 4.78 is 11.3. The van der Waals surface area contributed by atoms with E-state index in [4.69, 9.17) is 19.4 Å². The van der Waals surface area contributed by atoms with Crippen LogP contribution in [0.1, 0.15) is 51.7 Å². The summed E-state index contributed by atoms with van der Waals surface area (Å²) in [4.78, 5) is 16.0. The minimum absolute atomic E-state index is 0.0343. The van der Waals surface area contributed by atoms with Gasteiger partial charge in [0.2, 0.25) is 5.95 Å². The summed E-state index contributed by atoms with van der Waals surface area (Å²) in [6, 6.07) is 58.4. The lowest BCUT2D eigenvalue weighted by atomic mass is 9.63. The lowest BCUT2D eigenvalue weighted by Crippen LogP contribution is -2.33. The topological polar surface area (TPSA) is 61.7 Å². The van der Waals surface area contributed by atoms with Crippen LogP contribution in [0.3, 0.4) is 0 Å². The van der Waals surface area contributed by atoms with Gasteiger partial charge in [0, 0.05) is 43.6 Å². The van der Waals surface area contributed by atoms with Crippen molar-refractivity contribution in [2.45, 2.75) is 51.4 Å². The van der Waals surface area contributed by atoms with Crippen molar-refractivity contribution in [1.82, 2.24) is 24.1 Å². The molecule has 13 rings (SSSR count). The van der Waals surface area contributed by atoms with E-state index in [1.165, 1.54) is 54.5 Å². The molecule has 1 aliphatic rings. The van der Waals surface area contributed by atoms with Crippen LogP contribution < -0.4 is 0 Å². The van der Waals surface area contributed by atoms with Crippen molar-refractivity contribution < 1.29 is 4.42 Å². The van der Waals surface area contributed by atoms with Crippen LogP contribution in [0, 0.1) is 0 Å². The number of rotatable bonds is 4. The van der Waals surface area contributed by atoms with Gasteiger partial charge in [-0.2, -0.15) is 9.97 Å². The van der Waals surface area contributed by atoms with E-state index in [-0.39, 0.29) is 10.8 Å². The highest BCUT2D eigenvalue weighted by molar-refractivity contribution is 6.33. The molecular weight excluding hydrogens is 771 g/mol. The standard InChI is InChI=1S/C57H43N5O/c1-56(2)30-31-57(3,4)43-33-47-41(32-42(43)56)50-44(61(47)36-19-9-6-10-20-36)28-29-46-51(50)49-37-21-12-11-16-34(37)26-27-45(49)62(46)55-59-53(35-17-7-5-8-18-35)58-54(60-55)40-24-15-23-39-38-22-13-14-25-48(38)63-52(39)40/h5-29,32-33H,30-31H2,1-4H3. The molecule has 12 aromatic rings. The molecule has 0 saturated heterocycles. The van der Waals surface area contributed by atoms with Gasteiger partial charge >= 0.3 is 0 Å². The molecule has 4 heterocycles. The third-order valence-electron chi connectivity index (χ3n) is 14.0. The maximum Gasteiger partial charge on any atom is 0.238 e. The zero-order valence-corrected chi connectivity index (χ0v) is 35.6. The molecule has 302 valence electrons. The third-order valence-corrected chi connectivity index (χ3v) is 14.0. The van der Waals surface area contributed by atoms with E-state index in [9.17, 15) is 0 Å². The van der Waals surface area contributed by atoms with Crippen LogP contribution >= 0.6 is 0 Å². The molecular formula is C57H43N5O. The molecule has 0 bridgehead atoms. The Bertz CT molecular complexity index is 3850. The quantitative estimate of drug-likeness (QED) is 0.178. The van der Waals surface area contributed by atoms with Crippen LogP contribution in [-0.4, -0.2) is 24.1 Å². The molecule has 0 spiro atoms. The molecule has 0 atom stereocenters. The van der Waals surface area contributed by atoms with E-state index in [0.29, 0.717) is 17.6 Å². The fraction of sp³-hybridized carbons (Fsp3) is 0.140. The molecule has 0 radical (unpaired) electrons. The van der Waals surface area contributed by atoms with Crippen LogP contribution in [0.25, 0.3) is 111 Å². The number of furan rings is 1. The SMILES string of the molecule is CC1(C)CCC(C)(C)c2cc3c(cc21)c1c2c4c5ccccc5ccc4n(-c4nc(-c5ccccc5)nc(-c5cccc6c5oc5ccccc56)n4)c2ccc1n3-c1ccccc1. The minimum atomic E-state index is 0.0343. The molecule has 1 aliphatic carbocycles. The Kier molecular flexibility index (Phi) is 7.44. The zero-order chi connectivity index (χ0) is 42.2. The zero-order valence-electron chi connectivity index (χ0n) is 35.6. The first kappa shape index (κ1) is 36.1. The highest BCUT2D eigenvalue weighted by Crippen LogP contribution is 2.51. The summed E-state index contributed by atoms with van der Waals surface area (Å²) >= 11 is 0. The Morgan fingerprint density at radius 3 is 1.86 bits per heavy atom. The van der Waals surface area contributed by atoms with Gasteiger partial charge in [0.05, 0.1) is 27.6 Å². The van der Waals surface area contributed by atoms with Gasteiger partial charge in [0.1, 0.15) is 11.2 Å². The van der Waals surface area contributed by atoms with E-state index in [1.54, 1.807) is 0 Å². The summed E-state index contributed by atoms with van der Waals surface area (Å²) in [7, 11) is 0. The molecule has 0 fully saturated rings. The van der Waals surface area contributed by atoms with Crippen molar-refractivity contribution in [3.05, 3.63) is 175 Å². The molecule has 0 aliphatic heterocycles. The number of para-hydroxylation sites is 3. The summed E-state index contributed by atoms with van der Waals surface area (Å²) in [5, 5.41) is 9.33. The molecule has 0 amide bonds. The van der Waals surface area contributed by atoms with Gasteiger partial charge in [0.15, 0.2) is 11.6 Å². The Morgan fingerprint density at radius 1 is 0.460 bits per heavy atom. The van der Waals surface area contributed by atoms with Gasteiger partial charge in [0.25, 0.3) is 0 Å². The maximum atomic E-state index is 6.59. The summed E-state index contributed by atoms with van der Waals surface area (Å²) in [6.45, 7) is 9.68. The number of aromatic nitrogens is 5. The van der Waals surface area contributed by atoms with Crippen molar-refractivity contribution in [3.63, 3.8) is 0 Å². The van der Waals surface area contributed by atoms with Gasteiger partial charge in [-0.1, -0.05) is 137 Å². The highest BCUT2D eigenvalue weighted by atomic mass is 16.3. The maximum absolute atomic E-state index is 6.59. The molecule has 6 nitrogen and oxygen atoms in total. The number of nitrogens with zero attached hydrogens (tertiary/aromatic N) is 5. The summed E-state index contributed by atoms with van der Waals surface area (Å²) in [6.07, 6.45) is 2.29. The van der Waals surface area contributed by atoms with Crippen molar-refractivity contribution in [1.29, 1.82) is 0 Å². The normalized spacial score (nSPS) is 14.8. The van der Waals surface area contributed by atoms with Crippen molar-refractivity contribution in [2.24, 2.45) is 0 Å². The molecule has 63 heavy (non-hydrogen) atoms. The van der Waals surface area contributed by atoms with Crippen molar-refractivity contribution in [3.8, 4) is 34.4 Å². The predicted octanol–water partition coefficient (Wildman–Crippen LogP) is 14.8. The van der Waals surface area contributed by atoms with E-state index >= 15 is 0 Å². The van der Waals surface area contributed by atoms with E-state index in [2.05, 4.69) is 170 Å². The Morgan fingerprint density at radius 2 is 1.06 bits per heavy atom. The minimum Gasteiger partial charge on any atom is -0.455 e. The first-order valence-electron chi connectivity index (χ1n) is 22.0. The summed E-state index contributed by atoms with van der Waals surface area (Å²) in [5.41, 5.74) is 11.9. The lowest BCUT2D eigenvalue weighted by molar-refractivity contribution is 0.332. The van der Waals surface area contributed by atoms with Crippen molar-refractivity contribution in [2.75, 3.05) is 0 Å². The monoisotopic (exact) mass is 813 g/mol. The molecule has 0 unspecified atom stereocenters. The largest absolute Gasteiger partial charge is 0.455 e. The van der Waals surface area contributed by atoms with Gasteiger partial charge in [-0.05, 0) is 100 Å². The fourth-order valence-corrected chi connectivity index (χ4v) is 10.7.